The predicted octanol–water partition coefficient (Wildman–Crippen LogP) is -0.119. The zero-order valence-corrected chi connectivity index (χ0v) is 11.1. The Balaban J connectivity index is 3.11. The van der Waals surface area contributed by atoms with E-state index in [-0.39, 0.29) is 17.0 Å². The van der Waals surface area contributed by atoms with Gasteiger partial charge in [0.2, 0.25) is 15.9 Å². The van der Waals surface area contributed by atoms with E-state index in [0.717, 1.165) is 4.31 Å². The highest BCUT2D eigenvalue weighted by Crippen LogP contribution is 2.16. The molecule has 0 aliphatic heterocycles. The first kappa shape index (κ1) is 15.1. The summed E-state index contributed by atoms with van der Waals surface area (Å²) in [6.07, 6.45) is 0. The first-order valence-electron chi connectivity index (χ1n) is 5.41. The Labute approximate surface area is 110 Å². The molecule has 1 rings (SSSR count). The van der Waals surface area contributed by atoms with Gasteiger partial charge in [-0.05, 0) is 24.3 Å². The molecule has 0 aliphatic carbocycles. The van der Waals surface area contributed by atoms with Crippen molar-refractivity contribution in [3.05, 3.63) is 29.8 Å². The molecule has 8 heteroatoms. The molecule has 0 saturated carbocycles. The fourth-order valence-corrected chi connectivity index (χ4v) is 2.86. The molecule has 0 fully saturated rings. The maximum absolute atomic E-state index is 12.1. The van der Waals surface area contributed by atoms with Gasteiger partial charge in [0.25, 0.3) is 0 Å². The number of likely N-dealkylation sites (N-methyl/N-ethyl adjacent to an activating group) is 1. The van der Waals surface area contributed by atoms with Crippen LogP contribution in [0.4, 0.5) is 0 Å². The van der Waals surface area contributed by atoms with E-state index in [0.29, 0.717) is 0 Å². The number of primary amides is 1. The van der Waals surface area contributed by atoms with E-state index in [1.54, 1.807) is 0 Å². The van der Waals surface area contributed by atoms with Crippen LogP contribution in [-0.2, 0) is 14.8 Å². The zero-order valence-electron chi connectivity index (χ0n) is 10.2. The normalized spacial score (nSPS) is 11.5. The molecule has 0 aliphatic rings. The molecule has 104 valence electrons. The highest BCUT2D eigenvalue weighted by Gasteiger charge is 2.25. The van der Waals surface area contributed by atoms with Crippen molar-refractivity contribution in [2.24, 2.45) is 5.73 Å². The second kappa shape index (κ2) is 5.81. The van der Waals surface area contributed by atoms with Crippen LogP contribution in [0.15, 0.2) is 29.2 Å². The quantitative estimate of drug-likeness (QED) is 0.756. The van der Waals surface area contributed by atoms with Crippen LogP contribution in [-0.4, -0.2) is 42.8 Å². The van der Waals surface area contributed by atoms with E-state index < -0.39 is 28.4 Å². The Morgan fingerprint density at radius 3 is 2.16 bits per heavy atom. The Hall–Kier alpha value is -1.93. The van der Waals surface area contributed by atoms with Crippen molar-refractivity contribution in [2.45, 2.75) is 11.8 Å². The number of sulfonamides is 1. The molecule has 0 aromatic heterocycles. The van der Waals surface area contributed by atoms with Crippen LogP contribution < -0.4 is 5.73 Å². The number of aliphatic carboxylic acids is 1. The van der Waals surface area contributed by atoms with Crippen LogP contribution in [0.5, 0.6) is 0 Å². The van der Waals surface area contributed by atoms with Gasteiger partial charge in [-0.1, -0.05) is 6.92 Å². The van der Waals surface area contributed by atoms with Gasteiger partial charge < -0.3 is 10.8 Å². The van der Waals surface area contributed by atoms with Crippen molar-refractivity contribution < 1.29 is 23.1 Å². The number of nitrogens with zero attached hydrogens (tertiary/aromatic N) is 1. The van der Waals surface area contributed by atoms with Crippen molar-refractivity contribution in [1.29, 1.82) is 0 Å². The molecule has 0 saturated heterocycles. The lowest BCUT2D eigenvalue weighted by atomic mass is 10.2. The molecule has 7 nitrogen and oxygen atoms in total. The number of hydrogen-bond donors (Lipinski definition) is 2. The summed E-state index contributed by atoms with van der Waals surface area (Å²) in [7, 11) is -3.89. The van der Waals surface area contributed by atoms with Gasteiger partial charge in [0.15, 0.2) is 0 Å². The third-order valence-corrected chi connectivity index (χ3v) is 4.38. The number of carboxylic acid groups (broad SMARTS) is 1. The predicted molar refractivity (Wildman–Crippen MR) is 67.0 cm³/mol. The molecule has 0 bridgehead atoms. The first-order chi connectivity index (χ1) is 8.78. The van der Waals surface area contributed by atoms with Crippen molar-refractivity contribution in [1.82, 2.24) is 4.31 Å². The van der Waals surface area contributed by atoms with Crippen LogP contribution in [0, 0.1) is 0 Å². The first-order valence-corrected chi connectivity index (χ1v) is 6.85. The highest BCUT2D eigenvalue weighted by molar-refractivity contribution is 7.89. The summed E-state index contributed by atoms with van der Waals surface area (Å²) in [6, 6.07) is 5.01. The minimum atomic E-state index is -3.89. The number of hydrogen-bond acceptors (Lipinski definition) is 4. The van der Waals surface area contributed by atoms with Crippen molar-refractivity contribution in [3.63, 3.8) is 0 Å². The maximum Gasteiger partial charge on any atom is 0.318 e. The number of carbonyl (C=O) groups excluding carboxylic acids is 1. The Morgan fingerprint density at radius 2 is 1.79 bits per heavy atom. The molecule has 1 aromatic rings. The van der Waals surface area contributed by atoms with E-state index in [1.807, 2.05) is 0 Å². The van der Waals surface area contributed by atoms with Crippen LogP contribution in [0.25, 0.3) is 0 Å². The van der Waals surface area contributed by atoms with Gasteiger partial charge in [0.05, 0.1) is 4.90 Å². The molecule has 0 heterocycles. The van der Waals surface area contributed by atoms with E-state index >= 15 is 0 Å². The minimum absolute atomic E-state index is 0.0339. The van der Waals surface area contributed by atoms with Crippen molar-refractivity contribution in [3.8, 4) is 0 Å². The van der Waals surface area contributed by atoms with E-state index in [2.05, 4.69) is 0 Å². The molecular formula is C11H14N2O5S. The topological polar surface area (TPSA) is 118 Å². The van der Waals surface area contributed by atoms with Gasteiger partial charge in [0.1, 0.15) is 6.54 Å². The molecule has 0 unspecified atom stereocenters. The number of carboxylic acids is 1. The summed E-state index contributed by atoms with van der Waals surface area (Å²) >= 11 is 0. The van der Waals surface area contributed by atoms with Gasteiger partial charge in [-0.2, -0.15) is 4.31 Å². The average Bonchev–Trinajstić information content (AvgIpc) is 2.35. The van der Waals surface area contributed by atoms with Gasteiger partial charge in [-0.3, -0.25) is 9.59 Å². The van der Waals surface area contributed by atoms with Crippen LogP contribution in [0.2, 0.25) is 0 Å². The lowest BCUT2D eigenvalue weighted by Crippen LogP contribution is -2.35. The standard InChI is InChI=1S/C11H14N2O5S/c1-2-13(7-10(14)15)19(17,18)9-5-3-8(4-6-9)11(12)16/h3-6H,2,7H2,1H3,(H2,12,16)(H,14,15). The summed E-state index contributed by atoms with van der Waals surface area (Å²) in [5, 5.41) is 8.67. The van der Waals surface area contributed by atoms with Gasteiger partial charge >= 0.3 is 5.97 Å². The molecule has 0 radical (unpaired) electrons. The fourth-order valence-electron chi connectivity index (χ4n) is 1.46. The molecule has 1 amide bonds. The monoisotopic (exact) mass is 286 g/mol. The fraction of sp³-hybridized carbons (Fsp3) is 0.273. The summed E-state index contributed by atoms with van der Waals surface area (Å²) in [6.45, 7) is 0.959. The molecule has 0 atom stereocenters. The lowest BCUT2D eigenvalue weighted by molar-refractivity contribution is -0.137. The van der Waals surface area contributed by atoms with E-state index in [1.165, 1.54) is 31.2 Å². The highest BCUT2D eigenvalue weighted by atomic mass is 32.2. The Kier molecular flexibility index (Phi) is 4.62. The summed E-state index contributed by atoms with van der Waals surface area (Å²) in [4.78, 5) is 21.4. The molecular weight excluding hydrogens is 272 g/mol. The van der Waals surface area contributed by atoms with Gasteiger partial charge in [0, 0.05) is 12.1 Å². The smallest absolute Gasteiger partial charge is 0.318 e. The van der Waals surface area contributed by atoms with Crippen LogP contribution in [0.1, 0.15) is 17.3 Å². The van der Waals surface area contributed by atoms with E-state index in [9.17, 15) is 18.0 Å². The number of nitrogens with two attached hydrogens (primary N) is 1. The van der Waals surface area contributed by atoms with Gasteiger partial charge in [-0.25, -0.2) is 8.42 Å². The number of benzene rings is 1. The number of amides is 1. The minimum Gasteiger partial charge on any atom is -0.480 e. The Bertz CT molecular complexity index is 580. The summed E-state index contributed by atoms with van der Waals surface area (Å²) < 4.78 is 25.1. The van der Waals surface area contributed by atoms with E-state index in [4.69, 9.17) is 10.8 Å². The second-order valence-electron chi connectivity index (χ2n) is 3.71. The summed E-state index contributed by atoms with van der Waals surface area (Å²) in [5.74, 6) is -1.90. The lowest BCUT2D eigenvalue weighted by Gasteiger charge is -2.18. The maximum atomic E-state index is 12.1. The Morgan fingerprint density at radius 1 is 1.26 bits per heavy atom. The van der Waals surface area contributed by atoms with Crippen molar-refractivity contribution >= 4 is 21.9 Å². The largest absolute Gasteiger partial charge is 0.480 e. The SMILES string of the molecule is CCN(CC(=O)O)S(=O)(=O)c1ccc(C(N)=O)cc1. The molecule has 3 N–H and O–H groups in total. The molecule has 1 aromatic carbocycles. The van der Waals surface area contributed by atoms with Crippen LogP contribution >= 0.6 is 0 Å². The molecule has 19 heavy (non-hydrogen) atoms. The average molecular weight is 286 g/mol. The summed E-state index contributed by atoms with van der Waals surface area (Å²) in [5.41, 5.74) is 5.23. The molecule has 0 spiro atoms. The number of carbonyl (C=O) groups is 2. The third kappa shape index (κ3) is 3.52. The number of rotatable bonds is 6. The second-order valence-corrected chi connectivity index (χ2v) is 5.65. The zero-order chi connectivity index (χ0) is 14.6. The van der Waals surface area contributed by atoms with Crippen molar-refractivity contribution in [2.75, 3.05) is 13.1 Å². The third-order valence-electron chi connectivity index (χ3n) is 2.44. The van der Waals surface area contributed by atoms with Gasteiger partial charge in [-0.15, -0.1) is 0 Å². The van der Waals surface area contributed by atoms with Crippen LogP contribution in [0.3, 0.4) is 0 Å².